The summed E-state index contributed by atoms with van der Waals surface area (Å²) < 4.78 is 6.13. The highest BCUT2D eigenvalue weighted by Gasteiger charge is 2.09. The van der Waals surface area contributed by atoms with Gasteiger partial charge in [0.05, 0.1) is 16.9 Å². The maximum Gasteiger partial charge on any atom is 0.271 e. The maximum absolute atomic E-state index is 12.2. The second-order valence-electron chi connectivity index (χ2n) is 5.27. The van der Waals surface area contributed by atoms with Crippen molar-refractivity contribution in [3.05, 3.63) is 69.3 Å². The van der Waals surface area contributed by atoms with Crippen molar-refractivity contribution in [1.29, 1.82) is 0 Å². The third kappa shape index (κ3) is 3.74. The molecule has 0 aliphatic rings. The lowest BCUT2D eigenvalue weighted by Gasteiger charge is -2.06. The molecule has 0 spiro atoms. The summed E-state index contributed by atoms with van der Waals surface area (Å²) in [6.45, 7) is 0. The summed E-state index contributed by atoms with van der Waals surface area (Å²) in [5, 5.41) is 15.9. The molecule has 3 aromatic rings. The molecule has 0 aliphatic carbocycles. The summed E-state index contributed by atoms with van der Waals surface area (Å²) in [5.74, 6) is 0.377. The quantitative estimate of drug-likeness (QED) is 0.363. The Morgan fingerprint density at radius 2 is 2.00 bits per heavy atom. The van der Waals surface area contributed by atoms with Gasteiger partial charge in [0.1, 0.15) is 11.5 Å². The summed E-state index contributed by atoms with van der Waals surface area (Å²) in [4.78, 5) is 12.2. The minimum absolute atomic E-state index is 0.104. The molecule has 0 aromatic heterocycles. The zero-order valence-electron chi connectivity index (χ0n) is 13.4. The lowest BCUT2D eigenvalue weighted by Crippen LogP contribution is -2.17. The van der Waals surface area contributed by atoms with Crippen LogP contribution >= 0.6 is 22.6 Å². The number of nitrogens with zero attached hydrogens (tertiary/aromatic N) is 1. The van der Waals surface area contributed by atoms with E-state index in [0.29, 0.717) is 16.9 Å². The number of hydrazone groups is 1. The van der Waals surface area contributed by atoms with Gasteiger partial charge in [-0.1, -0.05) is 30.3 Å². The molecule has 126 valence electrons. The van der Waals surface area contributed by atoms with E-state index in [0.717, 1.165) is 14.3 Å². The van der Waals surface area contributed by atoms with Gasteiger partial charge in [-0.2, -0.15) is 5.10 Å². The van der Waals surface area contributed by atoms with Gasteiger partial charge in [0.2, 0.25) is 0 Å². The molecule has 0 unspecified atom stereocenters. The van der Waals surface area contributed by atoms with Crippen molar-refractivity contribution >= 4 is 45.5 Å². The smallest absolute Gasteiger partial charge is 0.271 e. The van der Waals surface area contributed by atoms with Crippen molar-refractivity contribution in [2.45, 2.75) is 0 Å². The van der Waals surface area contributed by atoms with Crippen molar-refractivity contribution in [2.24, 2.45) is 5.10 Å². The highest BCUT2D eigenvalue weighted by Crippen LogP contribution is 2.25. The van der Waals surface area contributed by atoms with Gasteiger partial charge >= 0.3 is 0 Å². The molecule has 2 N–H and O–H groups in total. The van der Waals surface area contributed by atoms with Gasteiger partial charge in [-0.05, 0) is 57.6 Å². The third-order valence-corrected chi connectivity index (χ3v) is 4.61. The van der Waals surface area contributed by atoms with Crippen LogP contribution in [0.3, 0.4) is 0 Å². The molecule has 0 fully saturated rings. The Labute approximate surface area is 158 Å². The van der Waals surface area contributed by atoms with Crippen LogP contribution in [0, 0.1) is 3.57 Å². The van der Waals surface area contributed by atoms with Gasteiger partial charge in [-0.3, -0.25) is 4.79 Å². The zero-order valence-corrected chi connectivity index (χ0v) is 15.5. The first-order valence-electron chi connectivity index (χ1n) is 7.48. The van der Waals surface area contributed by atoms with Crippen LogP contribution < -0.4 is 10.2 Å². The molecule has 1 amide bonds. The van der Waals surface area contributed by atoms with Crippen LogP contribution in [0.2, 0.25) is 0 Å². The minimum atomic E-state index is -0.356. The number of halogens is 1. The summed E-state index contributed by atoms with van der Waals surface area (Å²) in [5.41, 5.74) is 3.47. The standard InChI is InChI=1S/C19H15IN2O3/c1-25-18-10-13(6-8-16(18)20)19(24)22-21-11-15-14-5-3-2-4-12(14)7-9-17(15)23/h2-11,23H,1H3,(H,22,24)/b21-11+. The molecule has 0 radical (unpaired) electrons. The van der Waals surface area contributed by atoms with Gasteiger partial charge in [0, 0.05) is 11.1 Å². The lowest BCUT2D eigenvalue weighted by molar-refractivity contribution is 0.0954. The molecule has 0 atom stereocenters. The molecule has 0 heterocycles. The number of benzene rings is 3. The predicted molar refractivity (Wildman–Crippen MR) is 106 cm³/mol. The van der Waals surface area contributed by atoms with E-state index in [2.05, 4.69) is 33.1 Å². The first-order valence-corrected chi connectivity index (χ1v) is 8.55. The Morgan fingerprint density at radius 3 is 2.80 bits per heavy atom. The molecule has 0 saturated carbocycles. The van der Waals surface area contributed by atoms with Crippen molar-refractivity contribution in [3.8, 4) is 11.5 Å². The Hall–Kier alpha value is -2.61. The van der Waals surface area contributed by atoms with Crippen LogP contribution in [0.4, 0.5) is 0 Å². The number of hydrogen-bond acceptors (Lipinski definition) is 4. The predicted octanol–water partition coefficient (Wildman–Crippen LogP) is 3.92. The minimum Gasteiger partial charge on any atom is -0.507 e. The lowest BCUT2D eigenvalue weighted by atomic mass is 10.0. The molecule has 25 heavy (non-hydrogen) atoms. The number of carbonyl (C=O) groups excluding carboxylic acids is 1. The molecule has 5 nitrogen and oxygen atoms in total. The summed E-state index contributed by atoms with van der Waals surface area (Å²) in [6.07, 6.45) is 1.44. The van der Waals surface area contributed by atoms with E-state index in [9.17, 15) is 9.90 Å². The van der Waals surface area contributed by atoms with Crippen LogP contribution in [0.5, 0.6) is 11.5 Å². The normalized spacial score (nSPS) is 11.0. The Kier molecular flexibility index (Phi) is 5.18. The summed E-state index contributed by atoms with van der Waals surface area (Å²) in [7, 11) is 1.56. The second-order valence-corrected chi connectivity index (χ2v) is 6.43. The van der Waals surface area contributed by atoms with Gasteiger partial charge < -0.3 is 9.84 Å². The largest absolute Gasteiger partial charge is 0.507 e. The SMILES string of the molecule is COc1cc(C(=O)N/N=C/c2c(O)ccc3ccccc23)ccc1I. The zero-order chi connectivity index (χ0) is 17.8. The number of amides is 1. The number of phenols is 1. The topological polar surface area (TPSA) is 70.9 Å². The van der Waals surface area contributed by atoms with E-state index in [1.807, 2.05) is 30.3 Å². The first kappa shape index (κ1) is 17.2. The van der Waals surface area contributed by atoms with Crippen LogP contribution in [0.15, 0.2) is 59.7 Å². The Balaban J connectivity index is 1.82. The fraction of sp³-hybridized carbons (Fsp3) is 0.0526. The van der Waals surface area contributed by atoms with Crippen LogP contribution in [-0.4, -0.2) is 24.3 Å². The fourth-order valence-corrected chi connectivity index (χ4v) is 3.00. The molecule has 3 rings (SSSR count). The molecule has 6 heteroatoms. The maximum atomic E-state index is 12.2. The fourth-order valence-electron chi connectivity index (χ4n) is 2.44. The number of phenolic OH excluding ortho intramolecular Hbond substituents is 1. The van der Waals surface area contributed by atoms with Gasteiger partial charge in [-0.25, -0.2) is 5.43 Å². The molecular formula is C19H15IN2O3. The highest BCUT2D eigenvalue weighted by molar-refractivity contribution is 14.1. The monoisotopic (exact) mass is 446 g/mol. The van der Waals surface area contributed by atoms with Gasteiger partial charge in [0.15, 0.2) is 0 Å². The van der Waals surface area contributed by atoms with E-state index in [4.69, 9.17) is 4.74 Å². The molecule has 0 saturated heterocycles. The number of nitrogens with one attached hydrogen (secondary N) is 1. The number of hydrogen-bond donors (Lipinski definition) is 2. The number of carbonyl (C=O) groups is 1. The van der Waals surface area contributed by atoms with E-state index in [1.165, 1.54) is 6.21 Å². The molecule has 3 aromatic carbocycles. The van der Waals surface area contributed by atoms with Crippen molar-refractivity contribution in [1.82, 2.24) is 5.43 Å². The van der Waals surface area contributed by atoms with Crippen molar-refractivity contribution in [3.63, 3.8) is 0 Å². The van der Waals surface area contributed by atoms with E-state index in [-0.39, 0.29) is 11.7 Å². The van der Waals surface area contributed by atoms with Crippen LogP contribution in [0.1, 0.15) is 15.9 Å². The second kappa shape index (κ2) is 7.52. The van der Waals surface area contributed by atoms with Gasteiger partial charge in [0.25, 0.3) is 5.91 Å². The average Bonchev–Trinajstić information content (AvgIpc) is 2.63. The number of ether oxygens (including phenoxy) is 1. The van der Waals surface area contributed by atoms with Crippen LogP contribution in [-0.2, 0) is 0 Å². The molecule has 0 aliphatic heterocycles. The average molecular weight is 446 g/mol. The van der Waals surface area contributed by atoms with Crippen LogP contribution in [0.25, 0.3) is 10.8 Å². The van der Waals surface area contributed by atoms with Crippen molar-refractivity contribution in [2.75, 3.05) is 7.11 Å². The van der Waals surface area contributed by atoms with E-state index >= 15 is 0 Å². The summed E-state index contributed by atoms with van der Waals surface area (Å²) >= 11 is 2.13. The Bertz CT molecular complexity index is 970. The first-order chi connectivity index (χ1) is 12.1. The molecule has 0 bridgehead atoms. The van der Waals surface area contributed by atoms with Crippen molar-refractivity contribution < 1.29 is 14.6 Å². The number of fused-ring (bicyclic) bond motifs is 1. The Morgan fingerprint density at radius 1 is 1.20 bits per heavy atom. The summed E-state index contributed by atoms with van der Waals surface area (Å²) in [6, 6.07) is 16.2. The number of aromatic hydroxyl groups is 1. The number of methoxy groups -OCH3 is 1. The van der Waals surface area contributed by atoms with E-state index in [1.54, 1.807) is 31.4 Å². The molecular weight excluding hydrogens is 431 g/mol. The number of rotatable bonds is 4. The van der Waals surface area contributed by atoms with E-state index < -0.39 is 0 Å². The highest BCUT2D eigenvalue weighted by atomic mass is 127. The third-order valence-electron chi connectivity index (χ3n) is 3.72. The van der Waals surface area contributed by atoms with Gasteiger partial charge in [-0.15, -0.1) is 0 Å².